The fraction of sp³-hybridized carbons (Fsp3) is 0.400. The molecule has 2 aromatic carbocycles. The van der Waals surface area contributed by atoms with Gasteiger partial charge in [0.2, 0.25) is 0 Å². The van der Waals surface area contributed by atoms with Crippen molar-refractivity contribution < 1.29 is 4.43 Å². The second kappa shape index (κ2) is 9.94. The SMILES string of the molecule is Cc1c(NC(c2nnc(-c3ccccc3)s2)C(C)O[Si](C)(C)C(C)(C)C)ccc(C#N)c1Cl. The minimum absolute atomic E-state index is 0.0792. The van der Waals surface area contributed by atoms with Gasteiger partial charge in [0, 0.05) is 11.3 Å². The fourth-order valence-electron chi connectivity index (χ4n) is 3.24. The highest BCUT2D eigenvalue weighted by atomic mass is 35.5. The predicted molar refractivity (Wildman–Crippen MR) is 140 cm³/mol. The van der Waals surface area contributed by atoms with Crippen LogP contribution in [0.15, 0.2) is 42.5 Å². The lowest BCUT2D eigenvalue weighted by Gasteiger charge is -2.40. The summed E-state index contributed by atoms with van der Waals surface area (Å²) in [6.07, 6.45) is -0.156. The first kappa shape index (κ1) is 25.4. The van der Waals surface area contributed by atoms with Crippen molar-refractivity contribution in [2.75, 3.05) is 5.32 Å². The topological polar surface area (TPSA) is 70.8 Å². The van der Waals surface area contributed by atoms with Crippen LogP contribution in [0.4, 0.5) is 5.69 Å². The molecule has 174 valence electrons. The molecular weight excluding hydrogens is 468 g/mol. The van der Waals surface area contributed by atoms with E-state index in [4.69, 9.17) is 16.0 Å². The molecule has 5 nitrogen and oxygen atoms in total. The molecule has 1 heterocycles. The van der Waals surface area contributed by atoms with Crippen molar-refractivity contribution in [2.24, 2.45) is 0 Å². The van der Waals surface area contributed by atoms with Gasteiger partial charge in [-0.15, -0.1) is 10.2 Å². The number of nitrogens with one attached hydrogen (secondary N) is 1. The highest BCUT2D eigenvalue weighted by molar-refractivity contribution is 7.14. The van der Waals surface area contributed by atoms with Gasteiger partial charge in [-0.05, 0) is 49.7 Å². The molecule has 1 aromatic heterocycles. The van der Waals surface area contributed by atoms with Crippen LogP contribution in [0.25, 0.3) is 10.6 Å². The molecule has 2 atom stereocenters. The number of aromatic nitrogens is 2. The molecule has 0 aliphatic rings. The van der Waals surface area contributed by atoms with Crippen molar-refractivity contribution in [1.29, 1.82) is 5.26 Å². The summed E-state index contributed by atoms with van der Waals surface area (Å²) in [5, 5.41) is 24.2. The minimum atomic E-state index is -2.03. The lowest BCUT2D eigenvalue weighted by molar-refractivity contribution is 0.177. The number of nitrogens with zero attached hydrogens (tertiary/aromatic N) is 3. The van der Waals surface area contributed by atoms with Crippen molar-refractivity contribution in [1.82, 2.24) is 10.2 Å². The zero-order valence-electron chi connectivity index (χ0n) is 20.2. The van der Waals surface area contributed by atoms with Crippen molar-refractivity contribution in [3.63, 3.8) is 0 Å². The number of anilines is 1. The highest BCUT2D eigenvalue weighted by Gasteiger charge is 2.40. The molecule has 0 saturated carbocycles. The van der Waals surface area contributed by atoms with E-state index >= 15 is 0 Å². The smallest absolute Gasteiger partial charge is 0.192 e. The first-order chi connectivity index (χ1) is 15.4. The lowest BCUT2D eigenvalue weighted by Crippen LogP contribution is -2.45. The van der Waals surface area contributed by atoms with Gasteiger partial charge >= 0.3 is 0 Å². The summed E-state index contributed by atoms with van der Waals surface area (Å²) in [4.78, 5) is 0. The van der Waals surface area contributed by atoms with Crippen LogP contribution in [-0.2, 0) is 4.43 Å². The fourth-order valence-corrected chi connectivity index (χ4v) is 5.86. The van der Waals surface area contributed by atoms with Crippen molar-refractivity contribution in [3.8, 4) is 16.6 Å². The molecule has 33 heavy (non-hydrogen) atoms. The van der Waals surface area contributed by atoms with Crippen LogP contribution in [-0.4, -0.2) is 24.6 Å². The van der Waals surface area contributed by atoms with Gasteiger partial charge in [0.25, 0.3) is 0 Å². The van der Waals surface area contributed by atoms with E-state index in [1.165, 1.54) is 0 Å². The van der Waals surface area contributed by atoms with E-state index in [-0.39, 0.29) is 17.2 Å². The average molecular weight is 499 g/mol. The van der Waals surface area contributed by atoms with Crippen LogP contribution in [0.2, 0.25) is 23.2 Å². The monoisotopic (exact) mass is 498 g/mol. The molecule has 0 saturated heterocycles. The zero-order valence-corrected chi connectivity index (χ0v) is 22.8. The van der Waals surface area contributed by atoms with Crippen LogP contribution >= 0.6 is 22.9 Å². The number of rotatable bonds is 7. The summed E-state index contributed by atoms with van der Waals surface area (Å²) in [6, 6.07) is 15.6. The third kappa shape index (κ3) is 5.64. The molecule has 8 heteroatoms. The molecule has 0 aliphatic heterocycles. The molecule has 0 fully saturated rings. The molecule has 1 N–H and O–H groups in total. The average Bonchev–Trinajstić information content (AvgIpc) is 3.24. The van der Waals surface area contributed by atoms with Gasteiger partial charge in [-0.3, -0.25) is 0 Å². The van der Waals surface area contributed by atoms with E-state index in [9.17, 15) is 5.26 Å². The molecule has 0 spiro atoms. The summed E-state index contributed by atoms with van der Waals surface area (Å²) in [7, 11) is -2.03. The summed E-state index contributed by atoms with van der Waals surface area (Å²) < 4.78 is 6.75. The second-order valence-electron chi connectivity index (χ2n) is 9.73. The maximum Gasteiger partial charge on any atom is 0.192 e. The van der Waals surface area contributed by atoms with Crippen LogP contribution in [0.5, 0.6) is 0 Å². The van der Waals surface area contributed by atoms with Gasteiger partial charge in [0.05, 0.1) is 16.7 Å². The van der Waals surface area contributed by atoms with Crippen LogP contribution in [0.3, 0.4) is 0 Å². The van der Waals surface area contributed by atoms with E-state index in [1.807, 2.05) is 43.3 Å². The summed E-state index contributed by atoms with van der Waals surface area (Å²) >= 11 is 8.00. The van der Waals surface area contributed by atoms with Gasteiger partial charge in [-0.25, -0.2) is 0 Å². The number of halogens is 1. The lowest BCUT2D eigenvalue weighted by atomic mass is 10.1. The van der Waals surface area contributed by atoms with Gasteiger partial charge < -0.3 is 9.74 Å². The quantitative estimate of drug-likeness (QED) is 0.339. The maximum atomic E-state index is 9.31. The Morgan fingerprint density at radius 1 is 1.12 bits per heavy atom. The van der Waals surface area contributed by atoms with E-state index in [2.05, 4.69) is 62.4 Å². The van der Waals surface area contributed by atoms with Gasteiger partial charge in [-0.1, -0.05) is 74.0 Å². The summed E-state index contributed by atoms with van der Waals surface area (Å²) in [5.41, 5.74) is 3.18. The molecular formula is C25H31ClN4OSSi. The van der Waals surface area contributed by atoms with Crippen LogP contribution in [0.1, 0.15) is 49.9 Å². The van der Waals surface area contributed by atoms with Crippen LogP contribution < -0.4 is 5.32 Å². The Morgan fingerprint density at radius 3 is 2.39 bits per heavy atom. The first-order valence-corrected chi connectivity index (χ1v) is 15.1. The molecule has 0 aliphatic carbocycles. The van der Waals surface area contributed by atoms with Crippen molar-refractivity contribution in [2.45, 2.75) is 64.9 Å². The van der Waals surface area contributed by atoms with E-state index in [0.717, 1.165) is 26.8 Å². The van der Waals surface area contributed by atoms with Gasteiger partial charge in [0.1, 0.15) is 22.1 Å². The second-order valence-corrected chi connectivity index (χ2v) is 15.9. The Morgan fingerprint density at radius 2 is 1.79 bits per heavy atom. The molecule has 0 amide bonds. The third-order valence-electron chi connectivity index (χ3n) is 6.30. The number of benzene rings is 2. The van der Waals surface area contributed by atoms with E-state index in [0.29, 0.717) is 10.6 Å². The molecule has 3 aromatic rings. The van der Waals surface area contributed by atoms with Gasteiger partial charge in [0.15, 0.2) is 8.32 Å². The first-order valence-electron chi connectivity index (χ1n) is 11.0. The molecule has 0 radical (unpaired) electrons. The van der Waals surface area contributed by atoms with Crippen molar-refractivity contribution in [3.05, 3.63) is 63.6 Å². The number of nitriles is 1. The minimum Gasteiger partial charge on any atom is -0.412 e. The third-order valence-corrected chi connectivity index (χ3v) is 12.4. The number of hydrogen-bond acceptors (Lipinski definition) is 6. The normalized spacial score (nSPS) is 13.9. The standard InChI is InChI=1S/C25H31ClN4OSSi/c1-16-20(14-13-19(15-27)21(16)26)28-22(17(2)31-33(6,7)25(3,4)5)24-30-29-23(32-24)18-11-9-8-10-12-18/h8-14,17,22,28H,1-7H3. The Labute approximate surface area is 206 Å². The largest absolute Gasteiger partial charge is 0.412 e. The molecule has 2 unspecified atom stereocenters. The van der Waals surface area contributed by atoms with E-state index in [1.54, 1.807) is 17.4 Å². The maximum absolute atomic E-state index is 9.31. The summed E-state index contributed by atoms with van der Waals surface area (Å²) in [5.74, 6) is 0. The Kier molecular flexibility index (Phi) is 7.64. The Balaban J connectivity index is 2.00. The van der Waals surface area contributed by atoms with Gasteiger partial charge in [-0.2, -0.15) is 5.26 Å². The van der Waals surface area contributed by atoms with Crippen LogP contribution in [0, 0.1) is 18.3 Å². The summed E-state index contributed by atoms with van der Waals surface area (Å²) in [6.45, 7) is 15.2. The van der Waals surface area contributed by atoms with E-state index < -0.39 is 8.32 Å². The highest BCUT2D eigenvalue weighted by Crippen LogP contribution is 2.40. The molecule has 3 rings (SSSR count). The Hall–Kier alpha value is -2.24. The molecule has 0 bridgehead atoms. The zero-order chi connectivity index (χ0) is 24.4. The number of hydrogen-bond donors (Lipinski definition) is 1. The predicted octanol–water partition coefficient (Wildman–Crippen LogP) is 7.60. The van der Waals surface area contributed by atoms with Crippen molar-refractivity contribution >= 4 is 36.9 Å². The Bertz CT molecular complexity index is 1150.